The van der Waals surface area contributed by atoms with Gasteiger partial charge in [-0.2, -0.15) is 5.10 Å². The molecule has 0 aromatic heterocycles. The van der Waals surface area contributed by atoms with E-state index in [2.05, 4.69) is 15.8 Å². The summed E-state index contributed by atoms with van der Waals surface area (Å²) in [4.78, 5) is 24.9. The maximum Gasteiger partial charge on any atom is 0.262 e. The van der Waals surface area contributed by atoms with E-state index in [1.807, 2.05) is 6.92 Å². The molecule has 154 valence electrons. The lowest BCUT2D eigenvalue weighted by atomic mass is 10.0. The molecule has 1 unspecified atom stereocenters. The Labute approximate surface area is 174 Å². The molecule has 1 atom stereocenters. The van der Waals surface area contributed by atoms with Crippen molar-refractivity contribution in [3.63, 3.8) is 0 Å². The summed E-state index contributed by atoms with van der Waals surface area (Å²) in [5, 5.41) is 7.11. The molecule has 0 aliphatic carbocycles. The average molecular weight is 420 g/mol. The number of nitrogens with one attached hydrogen (secondary N) is 2. The van der Waals surface area contributed by atoms with Gasteiger partial charge in [0.25, 0.3) is 11.8 Å². The third-order valence-electron chi connectivity index (χ3n) is 3.99. The zero-order valence-electron chi connectivity index (χ0n) is 16.4. The van der Waals surface area contributed by atoms with Crippen LogP contribution in [-0.4, -0.2) is 30.7 Å². The summed E-state index contributed by atoms with van der Waals surface area (Å²) in [6, 6.07) is 9.33. The fourth-order valence-corrected chi connectivity index (χ4v) is 2.68. The molecule has 2 amide bonds. The van der Waals surface area contributed by atoms with Gasteiger partial charge < -0.3 is 10.1 Å². The Kier molecular flexibility index (Phi) is 8.15. The van der Waals surface area contributed by atoms with Crippen LogP contribution in [0.3, 0.4) is 0 Å². The Hall–Kier alpha value is -2.93. The first-order chi connectivity index (χ1) is 13.8. The largest absolute Gasteiger partial charge is 0.493 e. The van der Waals surface area contributed by atoms with E-state index >= 15 is 0 Å². The third-order valence-corrected chi connectivity index (χ3v) is 4.23. The van der Waals surface area contributed by atoms with Crippen LogP contribution >= 0.6 is 11.6 Å². The normalized spacial score (nSPS) is 12.1. The van der Waals surface area contributed by atoms with Crippen molar-refractivity contribution in [1.29, 1.82) is 0 Å². The topological polar surface area (TPSA) is 79.8 Å². The molecule has 8 heteroatoms. The van der Waals surface area contributed by atoms with Crippen LogP contribution in [-0.2, 0) is 4.79 Å². The molecule has 0 bridgehead atoms. The van der Waals surface area contributed by atoms with Crippen LogP contribution in [0.1, 0.15) is 36.7 Å². The number of halogens is 2. The van der Waals surface area contributed by atoms with Gasteiger partial charge in [-0.15, -0.1) is 0 Å². The highest BCUT2D eigenvalue weighted by Gasteiger charge is 2.24. The molecule has 6 nitrogen and oxygen atoms in total. The maximum atomic E-state index is 13.0. The first-order valence-corrected chi connectivity index (χ1v) is 9.51. The predicted octanol–water partition coefficient (Wildman–Crippen LogP) is 3.78. The van der Waals surface area contributed by atoms with E-state index in [-0.39, 0.29) is 11.5 Å². The fraction of sp³-hybridized carbons (Fsp3) is 0.286. The van der Waals surface area contributed by atoms with Crippen molar-refractivity contribution in [3.8, 4) is 5.75 Å². The monoisotopic (exact) mass is 419 g/mol. The molecule has 29 heavy (non-hydrogen) atoms. The Morgan fingerprint density at radius 3 is 2.52 bits per heavy atom. The second-order valence-electron chi connectivity index (χ2n) is 6.55. The van der Waals surface area contributed by atoms with Crippen LogP contribution in [0, 0.1) is 11.7 Å². The summed E-state index contributed by atoms with van der Waals surface area (Å²) in [5.74, 6) is -1.01. The number of rotatable bonds is 8. The maximum absolute atomic E-state index is 13.0. The predicted molar refractivity (Wildman–Crippen MR) is 111 cm³/mol. The molecule has 2 rings (SSSR count). The zero-order valence-corrected chi connectivity index (χ0v) is 17.2. The van der Waals surface area contributed by atoms with Crippen LogP contribution in [0.15, 0.2) is 47.6 Å². The van der Waals surface area contributed by atoms with Gasteiger partial charge in [0.1, 0.15) is 17.6 Å². The number of hydrogen-bond acceptors (Lipinski definition) is 4. The Bertz CT molecular complexity index is 885. The van der Waals surface area contributed by atoms with Crippen LogP contribution in [0.25, 0.3) is 0 Å². The van der Waals surface area contributed by atoms with Crippen LogP contribution in [0.5, 0.6) is 5.75 Å². The summed E-state index contributed by atoms with van der Waals surface area (Å²) >= 11 is 6.00. The van der Waals surface area contributed by atoms with Gasteiger partial charge in [0.15, 0.2) is 0 Å². The van der Waals surface area contributed by atoms with Crippen LogP contribution < -0.4 is 15.5 Å². The Balaban J connectivity index is 2.06. The number of ether oxygens (including phenoxy) is 1. The number of nitrogens with zero attached hydrogens (tertiary/aromatic N) is 1. The smallest absolute Gasteiger partial charge is 0.262 e. The second kappa shape index (κ2) is 10.6. The van der Waals surface area contributed by atoms with E-state index < -0.39 is 23.7 Å². The summed E-state index contributed by atoms with van der Waals surface area (Å²) in [6.07, 6.45) is 1.42. The number of benzene rings is 2. The number of hydrazone groups is 1. The molecule has 0 fully saturated rings. The van der Waals surface area contributed by atoms with Crippen molar-refractivity contribution in [2.45, 2.75) is 26.8 Å². The quantitative estimate of drug-likeness (QED) is 0.504. The fourth-order valence-electron chi connectivity index (χ4n) is 2.50. The second-order valence-corrected chi connectivity index (χ2v) is 6.99. The van der Waals surface area contributed by atoms with Crippen molar-refractivity contribution >= 4 is 29.6 Å². The molecular weight excluding hydrogens is 397 g/mol. The minimum absolute atomic E-state index is 0.195. The summed E-state index contributed by atoms with van der Waals surface area (Å²) in [5.41, 5.74) is 3.29. The number of carbonyl (C=O) groups excluding carboxylic acids is 2. The molecule has 0 aliphatic heterocycles. The molecule has 2 aromatic rings. The molecule has 0 radical (unpaired) electrons. The number of carbonyl (C=O) groups is 2. The van der Waals surface area contributed by atoms with Gasteiger partial charge in [-0.3, -0.25) is 9.59 Å². The Morgan fingerprint density at radius 2 is 1.90 bits per heavy atom. The summed E-state index contributed by atoms with van der Waals surface area (Å²) < 4.78 is 18.5. The zero-order chi connectivity index (χ0) is 21.4. The van der Waals surface area contributed by atoms with Crippen molar-refractivity contribution in [2.75, 3.05) is 6.61 Å². The lowest BCUT2D eigenvalue weighted by Crippen LogP contribution is -2.48. The van der Waals surface area contributed by atoms with E-state index in [1.165, 1.54) is 30.5 Å². The summed E-state index contributed by atoms with van der Waals surface area (Å²) in [6.45, 7) is 5.92. The van der Waals surface area contributed by atoms with Gasteiger partial charge in [0.05, 0.1) is 12.8 Å². The number of hydrogen-bond donors (Lipinski definition) is 2. The minimum atomic E-state index is -0.824. The highest BCUT2D eigenvalue weighted by atomic mass is 35.5. The van der Waals surface area contributed by atoms with Gasteiger partial charge in [0, 0.05) is 16.1 Å². The van der Waals surface area contributed by atoms with Crippen molar-refractivity contribution in [1.82, 2.24) is 10.7 Å². The molecule has 0 heterocycles. The van der Waals surface area contributed by atoms with Crippen LogP contribution in [0.4, 0.5) is 4.39 Å². The van der Waals surface area contributed by atoms with Gasteiger partial charge in [-0.25, -0.2) is 9.82 Å². The van der Waals surface area contributed by atoms with Gasteiger partial charge in [-0.05, 0) is 55.3 Å². The van der Waals surface area contributed by atoms with Crippen LogP contribution in [0.2, 0.25) is 5.02 Å². The van der Waals surface area contributed by atoms with E-state index in [1.54, 1.807) is 32.0 Å². The van der Waals surface area contributed by atoms with Crippen molar-refractivity contribution < 1.29 is 18.7 Å². The summed E-state index contributed by atoms with van der Waals surface area (Å²) in [7, 11) is 0. The Morgan fingerprint density at radius 1 is 1.21 bits per heavy atom. The molecular formula is C21H23ClFN3O3. The third kappa shape index (κ3) is 6.57. The van der Waals surface area contributed by atoms with E-state index in [4.69, 9.17) is 16.3 Å². The lowest BCUT2D eigenvalue weighted by Gasteiger charge is -2.20. The lowest BCUT2D eigenvalue weighted by molar-refractivity contribution is -0.123. The molecule has 0 spiro atoms. The van der Waals surface area contributed by atoms with Crippen molar-refractivity contribution in [2.24, 2.45) is 11.0 Å². The highest BCUT2D eigenvalue weighted by Crippen LogP contribution is 2.21. The SMILES string of the molecule is CCOc1ccc(Cl)cc1/C=N/NC(=O)C(NC(=O)c1ccc(F)cc1)C(C)C. The molecule has 2 N–H and O–H groups in total. The van der Waals surface area contributed by atoms with E-state index in [0.717, 1.165) is 0 Å². The molecule has 0 saturated heterocycles. The molecule has 0 saturated carbocycles. The van der Waals surface area contributed by atoms with E-state index in [0.29, 0.717) is 22.9 Å². The standard InChI is InChI=1S/C21H23ClFN3O3/c1-4-29-18-10-7-16(22)11-15(18)12-24-26-21(28)19(13(2)3)25-20(27)14-5-8-17(23)9-6-14/h5-13,19H,4H2,1-3H3,(H,25,27)(H,26,28)/b24-12+. The van der Waals surface area contributed by atoms with Gasteiger partial charge in [0.2, 0.25) is 0 Å². The molecule has 2 aromatic carbocycles. The highest BCUT2D eigenvalue weighted by molar-refractivity contribution is 6.30. The van der Waals surface area contributed by atoms with Crippen molar-refractivity contribution in [3.05, 3.63) is 64.4 Å². The minimum Gasteiger partial charge on any atom is -0.493 e. The van der Waals surface area contributed by atoms with Gasteiger partial charge in [-0.1, -0.05) is 25.4 Å². The van der Waals surface area contributed by atoms with Gasteiger partial charge >= 0.3 is 0 Å². The average Bonchev–Trinajstić information content (AvgIpc) is 2.68. The molecule has 0 aliphatic rings. The number of amides is 2. The first-order valence-electron chi connectivity index (χ1n) is 9.13. The van der Waals surface area contributed by atoms with E-state index in [9.17, 15) is 14.0 Å². The first kappa shape index (κ1) is 22.4.